The molecule has 1 aromatic rings. The van der Waals surface area contributed by atoms with Gasteiger partial charge in [-0.15, -0.1) is 0 Å². The van der Waals surface area contributed by atoms with Crippen LogP contribution in [0.15, 0.2) is 24.3 Å². The van der Waals surface area contributed by atoms with Gasteiger partial charge in [-0.05, 0) is 37.6 Å². The predicted octanol–water partition coefficient (Wildman–Crippen LogP) is 2.82. The average Bonchev–Trinajstić information content (AvgIpc) is 2.90. The smallest absolute Gasteiger partial charge is 0.377 e. The van der Waals surface area contributed by atoms with Crippen molar-refractivity contribution in [3.8, 4) is 0 Å². The van der Waals surface area contributed by atoms with E-state index in [1.165, 1.54) is 6.07 Å². The van der Waals surface area contributed by atoms with Gasteiger partial charge in [0.05, 0.1) is 11.7 Å². The minimum absolute atomic E-state index is 0.212. The molecule has 6 heteroatoms. The highest BCUT2D eigenvalue weighted by Gasteiger charge is 2.30. The monoisotopic (exact) mass is 302 g/mol. The molecule has 1 aliphatic rings. The van der Waals surface area contributed by atoms with E-state index in [-0.39, 0.29) is 6.10 Å². The van der Waals surface area contributed by atoms with Gasteiger partial charge in [0.1, 0.15) is 0 Å². The number of nitrogens with zero attached hydrogens (tertiary/aromatic N) is 1. The number of rotatable bonds is 5. The minimum atomic E-state index is -4.33. The summed E-state index contributed by atoms with van der Waals surface area (Å²) in [6, 6.07) is 4.79. The summed E-state index contributed by atoms with van der Waals surface area (Å²) in [6.07, 6.45) is -2.02. The van der Waals surface area contributed by atoms with Crippen LogP contribution in [-0.4, -0.2) is 37.7 Å². The summed E-state index contributed by atoms with van der Waals surface area (Å²) < 4.78 is 43.6. The number of hydrogen-bond acceptors (Lipinski definition) is 3. The van der Waals surface area contributed by atoms with Crippen molar-refractivity contribution in [2.24, 2.45) is 5.73 Å². The maximum Gasteiger partial charge on any atom is 0.416 e. The predicted molar refractivity (Wildman–Crippen MR) is 74.8 cm³/mol. The van der Waals surface area contributed by atoms with Gasteiger partial charge in [0, 0.05) is 25.7 Å². The summed E-state index contributed by atoms with van der Waals surface area (Å²) in [5.41, 5.74) is 5.88. The molecule has 21 heavy (non-hydrogen) atoms. The molecule has 118 valence electrons. The quantitative estimate of drug-likeness (QED) is 0.909. The van der Waals surface area contributed by atoms with E-state index in [0.29, 0.717) is 12.1 Å². The number of nitrogens with two attached hydrogens (primary N) is 1. The SMILES string of the molecule is CN(CC1CCCO1)CC(N)c1cccc(C(F)(F)F)c1. The van der Waals surface area contributed by atoms with Crippen molar-refractivity contribution in [2.45, 2.75) is 31.2 Å². The molecule has 0 spiro atoms. The Kier molecular flexibility index (Phi) is 5.24. The van der Waals surface area contributed by atoms with Gasteiger partial charge in [-0.1, -0.05) is 12.1 Å². The Bertz CT molecular complexity index is 458. The lowest BCUT2D eigenvalue weighted by Gasteiger charge is -2.24. The first kappa shape index (κ1) is 16.3. The average molecular weight is 302 g/mol. The van der Waals surface area contributed by atoms with Gasteiger partial charge in [-0.25, -0.2) is 0 Å². The van der Waals surface area contributed by atoms with Gasteiger partial charge in [0.25, 0.3) is 0 Å². The van der Waals surface area contributed by atoms with E-state index >= 15 is 0 Å². The molecule has 1 aliphatic heterocycles. The largest absolute Gasteiger partial charge is 0.416 e. The molecule has 1 saturated heterocycles. The van der Waals surface area contributed by atoms with Gasteiger partial charge in [-0.2, -0.15) is 13.2 Å². The van der Waals surface area contributed by atoms with Crippen molar-refractivity contribution in [2.75, 3.05) is 26.7 Å². The summed E-state index contributed by atoms with van der Waals surface area (Å²) in [5, 5.41) is 0. The van der Waals surface area contributed by atoms with Gasteiger partial charge in [0.2, 0.25) is 0 Å². The third kappa shape index (κ3) is 4.69. The number of alkyl halides is 3. The fourth-order valence-corrected chi connectivity index (χ4v) is 2.60. The Labute approximate surface area is 122 Å². The molecular formula is C15H21F3N2O. The van der Waals surface area contributed by atoms with E-state index < -0.39 is 17.8 Å². The molecule has 0 bridgehead atoms. The second kappa shape index (κ2) is 6.77. The molecule has 1 heterocycles. The number of likely N-dealkylation sites (N-methyl/N-ethyl adjacent to an activating group) is 1. The standard InChI is InChI=1S/C15H21F3N2O/c1-20(9-13-6-3-7-21-13)10-14(19)11-4-2-5-12(8-11)15(16,17)18/h2,4-5,8,13-14H,3,6-7,9-10,19H2,1H3. The highest BCUT2D eigenvalue weighted by atomic mass is 19.4. The van der Waals surface area contributed by atoms with Crippen LogP contribution in [0.25, 0.3) is 0 Å². The Morgan fingerprint density at radius 1 is 1.43 bits per heavy atom. The Morgan fingerprint density at radius 3 is 2.81 bits per heavy atom. The Morgan fingerprint density at radius 2 is 2.19 bits per heavy atom. The first-order valence-electron chi connectivity index (χ1n) is 7.09. The molecule has 3 nitrogen and oxygen atoms in total. The number of benzene rings is 1. The van der Waals surface area contributed by atoms with Crippen LogP contribution in [0.2, 0.25) is 0 Å². The molecule has 2 unspecified atom stereocenters. The summed E-state index contributed by atoms with van der Waals surface area (Å²) >= 11 is 0. The zero-order chi connectivity index (χ0) is 15.5. The molecule has 0 aliphatic carbocycles. The summed E-state index contributed by atoms with van der Waals surface area (Å²) in [7, 11) is 1.91. The fourth-order valence-electron chi connectivity index (χ4n) is 2.60. The molecule has 0 aromatic heterocycles. The topological polar surface area (TPSA) is 38.5 Å². The highest BCUT2D eigenvalue weighted by Crippen LogP contribution is 2.30. The van der Waals surface area contributed by atoms with Crippen molar-refractivity contribution < 1.29 is 17.9 Å². The molecule has 2 N–H and O–H groups in total. The zero-order valence-corrected chi connectivity index (χ0v) is 12.1. The Balaban J connectivity index is 1.94. The van der Waals surface area contributed by atoms with Crippen molar-refractivity contribution in [3.05, 3.63) is 35.4 Å². The lowest BCUT2D eigenvalue weighted by atomic mass is 10.0. The van der Waals surface area contributed by atoms with Crippen molar-refractivity contribution in [1.82, 2.24) is 4.90 Å². The molecule has 1 fully saturated rings. The Hall–Kier alpha value is -1.11. The number of halogens is 3. The van der Waals surface area contributed by atoms with Crippen LogP contribution in [0, 0.1) is 0 Å². The van der Waals surface area contributed by atoms with E-state index in [9.17, 15) is 13.2 Å². The molecule has 0 saturated carbocycles. The maximum atomic E-state index is 12.7. The van der Waals surface area contributed by atoms with E-state index in [1.807, 2.05) is 11.9 Å². The summed E-state index contributed by atoms with van der Waals surface area (Å²) in [4.78, 5) is 2.01. The molecule has 2 rings (SSSR count). The van der Waals surface area contributed by atoms with Crippen LogP contribution in [0.3, 0.4) is 0 Å². The van der Waals surface area contributed by atoms with Crippen LogP contribution < -0.4 is 5.73 Å². The number of ether oxygens (including phenoxy) is 1. The van der Waals surface area contributed by atoms with Crippen LogP contribution in [0.4, 0.5) is 13.2 Å². The fraction of sp³-hybridized carbons (Fsp3) is 0.600. The molecule has 0 amide bonds. The van der Waals surface area contributed by atoms with E-state index in [0.717, 1.165) is 38.1 Å². The van der Waals surface area contributed by atoms with Crippen LogP contribution in [0.1, 0.15) is 30.0 Å². The maximum absolute atomic E-state index is 12.7. The third-order valence-electron chi connectivity index (χ3n) is 3.69. The van der Waals surface area contributed by atoms with Gasteiger partial charge < -0.3 is 15.4 Å². The lowest BCUT2D eigenvalue weighted by Crippen LogP contribution is -2.34. The van der Waals surface area contributed by atoms with E-state index in [1.54, 1.807) is 6.07 Å². The molecule has 2 atom stereocenters. The third-order valence-corrected chi connectivity index (χ3v) is 3.69. The number of hydrogen-bond donors (Lipinski definition) is 1. The van der Waals surface area contributed by atoms with E-state index in [2.05, 4.69) is 0 Å². The van der Waals surface area contributed by atoms with Crippen molar-refractivity contribution in [1.29, 1.82) is 0 Å². The highest BCUT2D eigenvalue weighted by molar-refractivity contribution is 5.28. The summed E-state index contributed by atoms with van der Waals surface area (Å²) in [6.45, 7) is 2.05. The van der Waals surface area contributed by atoms with Gasteiger partial charge >= 0.3 is 6.18 Å². The van der Waals surface area contributed by atoms with E-state index in [4.69, 9.17) is 10.5 Å². The van der Waals surface area contributed by atoms with Crippen molar-refractivity contribution in [3.63, 3.8) is 0 Å². The lowest BCUT2D eigenvalue weighted by molar-refractivity contribution is -0.137. The van der Waals surface area contributed by atoms with Crippen LogP contribution >= 0.6 is 0 Å². The van der Waals surface area contributed by atoms with Crippen LogP contribution in [0.5, 0.6) is 0 Å². The second-order valence-corrected chi connectivity index (χ2v) is 5.59. The molecular weight excluding hydrogens is 281 g/mol. The molecule has 0 radical (unpaired) electrons. The first-order valence-corrected chi connectivity index (χ1v) is 7.09. The van der Waals surface area contributed by atoms with Crippen molar-refractivity contribution >= 4 is 0 Å². The van der Waals surface area contributed by atoms with Crippen LogP contribution in [-0.2, 0) is 10.9 Å². The zero-order valence-electron chi connectivity index (χ0n) is 12.1. The normalized spacial score (nSPS) is 21.0. The second-order valence-electron chi connectivity index (χ2n) is 5.59. The van der Waals surface area contributed by atoms with Gasteiger partial charge in [-0.3, -0.25) is 0 Å². The summed E-state index contributed by atoms with van der Waals surface area (Å²) in [5.74, 6) is 0. The minimum Gasteiger partial charge on any atom is -0.377 e. The molecule has 1 aromatic carbocycles. The first-order chi connectivity index (χ1) is 9.86. The van der Waals surface area contributed by atoms with Gasteiger partial charge in [0.15, 0.2) is 0 Å².